The molecule has 0 spiro atoms. The number of rotatable bonds is 0. The van der Waals surface area contributed by atoms with Gasteiger partial charge in [0.1, 0.15) is 11.6 Å². The second-order valence-corrected chi connectivity index (χ2v) is 16.1. The van der Waals surface area contributed by atoms with E-state index in [1.807, 2.05) is 177 Å². The smallest absolute Gasteiger partial charge is 0.133 e. The lowest BCUT2D eigenvalue weighted by Crippen LogP contribution is -1.91. The minimum Gasteiger partial charge on any atom is -0.361 e. The summed E-state index contributed by atoms with van der Waals surface area (Å²) in [6.07, 6.45) is 19.0. The summed E-state index contributed by atoms with van der Waals surface area (Å²) in [6.45, 7) is 24.2. The molecule has 7 heterocycles. The molecule has 416 valence electrons. The van der Waals surface area contributed by atoms with Crippen molar-refractivity contribution in [3.63, 3.8) is 0 Å². The lowest BCUT2D eigenvalue weighted by Gasteiger charge is -1.87. The van der Waals surface area contributed by atoms with Crippen molar-refractivity contribution in [2.24, 2.45) is 20.0 Å². The van der Waals surface area contributed by atoms with E-state index in [9.17, 15) is 0 Å². The topological polar surface area (TPSA) is 126 Å². The number of hydrogen-bond donors (Lipinski definition) is 0. The normalized spacial score (nSPS) is 9.09. The average Bonchev–Trinajstić information content (AvgIpc) is 3.74. The van der Waals surface area contributed by atoms with Gasteiger partial charge in [-0.15, -0.1) is 0 Å². The van der Waals surface area contributed by atoms with E-state index in [2.05, 4.69) is 91.4 Å². The second-order valence-electron chi connectivity index (χ2n) is 16.1. The standard InChI is InChI=1S/2C7H8.C6H10N2.3C6H7N.C5H8N2.C5H6N2.C5H7NO.C4H8.7CH4/c2*1-7-5-3-2-4-6-7;1-5-4-6(2)8(3)7-5;2*1-6-2-4-7-5-3-6;1-6-3-2-4-7-5-6;1-5-3-4-6-7(5)2;1-5-6-3-2-4-7-5;1-4-3-5(2)7-6-4;1-4-2-3-4;;;;;;;/h2*2-6H,1H3;4H,1-3H3;3*2-5H,1H3;3-4H,1-2H3;2-4H,1H3;3H,1-2H3;4H,2-3H2,1H3;7*1H4. The molecule has 75 heavy (non-hydrogen) atoms. The zero-order valence-electron chi connectivity index (χ0n) is 43.1. The Labute approximate surface area is 459 Å². The van der Waals surface area contributed by atoms with Gasteiger partial charge < -0.3 is 4.52 Å². The summed E-state index contributed by atoms with van der Waals surface area (Å²) in [5.74, 6) is 2.78. The van der Waals surface area contributed by atoms with Crippen LogP contribution in [-0.4, -0.2) is 49.6 Å². The van der Waals surface area contributed by atoms with E-state index in [-0.39, 0.29) is 52.0 Å². The first-order valence-corrected chi connectivity index (χ1v) is 22.7. The molecule has 0 amide bonds. The molecule has 0 saturated heterocycles. The largest absolute Gasteiger partial charge is 0.361 e. The predicted molar refractivity (Wildman–Crippen MR) is 328 cm³/mol. The van der Waals surface area contributed by atoms with Gasteiger partial charge in [-0.05, 0) is 147 Å². The number of aromatic nitrogens is 10. The monoisotopic (exact) mass is 1030 g/mol. The van der Waals surface area contributed by atoms with E-state index in [1.165, 1.54) is 52.0 Å². The van der Waals surface area contributed by atoms with Gasteiger partial charge in [-0.3, -0.25) is 24.3 Å². The van der Waals surface area contributed by atoms with Crippen LogP contribution in [0.1, 0.15) is 134 Å². The Morgan fingerprint density at radius 2 is 0.840 bits per heavy atom. The highest BCUT2D eigenvalue weighted by molar-refractivity contribution is 5.13. The molecule has 11 nitrogen and oxygen atoms in total. The van der Waals surface area contributed by atoms with Crippen molar-refractivity contribution in [3.05, 3.63) is 239 Å². The summed E-state index contributed by atoms with van der Waals surface area (Å²) < 4.78 is 8.42. The molecule has 1 aliphatic carbocycles. The summed E-state index contributed by atoms with van der Waals surface area (Å²) in [4.78, 5) is 19.3. The third kappa shape index (κ3) is 49.9. The van der Waals surface area contributed by atoms with Crippen molar-refractivity contribution in [2.75, 3.05) is 0 Å². The molecule has 2 aromatic carbocycles. The Balaban J connectivity index is -0.000000136. The summed E-state index contributed by atoms with van der Waals surface area (Å²) in [6, 6.07) is 40.1. The fourth-order valence-corrected chi connectivity index (χ4v) is 4.58. The molecule has 1 saturated carbocycles. The quantitative estimate of drug-likeness (QED) is 0.146. The summed E-state index contributed by atoms with van der Waals surface area (Å²) in [5, 5.41) is 11.7. The molecule has 0 unspecified atom stereocenters. The Kier molecular flexibility index (Phi) is 56.1. The van der Waals surface area contributed by atoms with Gasteiger partial charge in [0.05, 0.1) is 11.4 Å². The van der Waals surface area contributed by atoms with Crippen LogP contribution in [0.15, 0.2) is 182 Å². The maximum absolute atomic E-state index is 4.71. The third-order valence-corrected chi connectivity index (χ3v) is 8.99. The fourth-order valence-electron chi connectivity index (χ4n) is 4.58. The molecule has 0 N–H and O–H groups in total. The zero-order chi connectivity index (χ0) is 50.4. The Bertz CT molecular complexity index is 2150. The minimum atomic E-state index is 0. The van der Waals surface area contributed by atoms with Crippen LogP contribution in [0.25, 0.3) is 0 Å². The molecule has 10 rings (SSSR count). The number of aryl methyl sites for hydroxylation is 13. The molecule has 1 fully saturated rings. The lowest BCUT2D eigenvalue weighted by atomic mass is 10.2. The van der Waals surface area contributed by atoms with Crippen LogP contribution in [0.5, 0.6) is 0 Å². The van der Waals surface area contributed by atoms with Gasteiger partial charge in [-0.25, -0.2) is 9.97 Å². The van der Waals surface area contributed by atoms with E-state index in [4.69, 9.17) is 4.52 Å². The van der Waals surface area contributed by atoms with Crippen molar-refractivity contribution in [1.29, 1.82) is 0 Å². The fraction of sp³-hybridized carbons (Fsp3) is 0.375. The highest BCUT2D eigenvalue weighted by Gasteiger charge is 2.12. The van der Waals surface area contributed by atoms with Crippen LogP contribution in [0.2, 0.25) is 0 Å². The van der Waals surface area contributed by atoms with E-state index in [0.717, 1.165) is 28.9 Å². The summed E-state index contributed by atoms with van der Waals surface area (Å²) in [5.41, 5.74) is 10.8. The average molecular weight is 1030 g/mol. The molecule has 7 aromatic heterocycles. The maximum Gasteiger partial charge on any atom is 0.133 e. The van der Waals surface area contributed by atoms with Crippen LogP contribution < -0.4 is 0 Å². The first-order chi connectivity index (χ1) is 32.5. The number of hydrogen-bond acceptors (Lipinski definition) is 9. The predicted octanol–water partition coefficient (Wildman–Crippen LogP) is 17.9. The van der Waals surface area contributed by atoms with Crippen molar-refractivity contribution >= 4 is 0 Å². The van der Waals surface area contributed by atoms with Crippen LogP contribution in [0.4, 0.5) is 0 Å². The molecule has 0 radical (unpaired) electrons. The molecule has 0 aliphatic heterocycles. The molecule has 11 heteroatoms. The summed E-state index contributed by atoms with van der Waals surface area (Å²) in [7, 11) is 3.87. The van der Waals surface area contributed by atoms with Crippen LogP contribution >= 0.6 is 0 Å². The van der Waals surface area contributed by atoms with Crippen molar-refractivity contribution in [3.8, 4) is 0 Å². The van der Waals surface area contributed by atoms with E-state index in [0.29, 0.717) is 0 Å². The van der Waals surface area contributed by atoms with Gasteiger partial charge >= 0.3 is 0 Å². The summed E-state index contributed by atoms with van der Waals surface area (Å²) >= 11 is 0. The molecular formula is C64H104N10O. The number of nitrogens with zero attached hydrogens (tertiary/aromatic N) is 10. The number of benzene rings is 2. The number of pyridine rings is 3. The van der Waals surface area contributed by atoms with Gasteiger partial charge in [0.25, 0.3) is 0 Å². The van der Waals surface area contributed by atoms with Crippen molar-refractivity contribution < 1.29 is 4.52 Å². The van der Waals surface area contributed by atoms with Gasteiger partial charge in [-0.2, -0.15) is 10.2 Å². The lowest BCUT2D eigenvalue weighted by molar-refractivity contribution is 0.393. The van der Waals surface area contributed by atoms with E-state index in [1.54, 1.807) is 55.6 Å². The zero-order valence-corrected chi connectivity index (χ0v) is 43.1. The van der Waals surface area contributed by atoms with E-state index < -0.39 is 0 Å². The second kappa shape index (κ2) is 51.5. The Hall–Kier alpha value is -7.40. The maximum atomic E-state index is 4.71. The van der Waals surface area contributed by atoms with Gasteiger partial charge in [0, 0.05) is 87.3 Å². The Morgan fingerprint density at radius 1 is 0.413 bits per heavy atom. The molecule has 0 bridgehead atoms. The van der Waals surface area contributed by atoms with E-state index >= 15 is 0 Å². The van der Waals surface area contributed by atoms with Gasteiger partial charge in [0.2, 0.25) is 0 Å². The highest BCUT2D eigenvalue weighted by atomic mass is 16.5. The van der Waals surface area contributed by atoms with Crippen molar-refractivity contribution in [2.45, 2.75) is 148 Å². The first kappa shape index (κ1) is 81.6. The minimum absolute atomic E-state index is 0. The van der Waals surface area contributed by atoms with Crippen molar-refractivity contribution in [1.82, 2.24) is 49.6 Å². The molecule has 1 aliphatic rings. The highest BCUT2D eigenvalue weighted by Crippen LogP contribution is 2.26. The molecule has 0 atom stereocenters. The van der Waals surface area contributed by atoms with Crippen LogP contribution in [0.3, 0.4) is 0 Å². The first-order valence-electron chi connectivity index (χ1n) is 22.7. The SMILES string of the molecule is C.C.C.C.C.C.C.CC1CC1.Cc1cc(C)n(C)n1.Cc1cc(C)on1.Cc1ccccc1.Cc1ccccc1.Cc1cccnc1.Cc1ccncc1.Cc1ccncc1.Cc1ccnn1C.Cc1ncccn1. The van der Waals surface area contributed by atoms with Crippen LogP contribution in [-0.2, 0) is 14.1 Å². The Morgan fingerprint density at radius 3 is 0.987 bits per heavy atom. The van der Waals surface area contributed by atoms with Gasteiger partial charge in [-0.1, -0.05) is 155 Å². The third-order valence-electron chi connectivity index (χ3n) is 8.99. The van der Waals surface area contributed by atoms with Gasteiger partial charge in [0.15, 0.2) is 0 Å². The molecule has 9 aromatic rings. The molecular weight excluding hydrogens is 925 g/mol. The van der Waals surface area contributed by atoms with Crippen LogP contribution in [0, 0.1) is 82.1 Å².